The second-order valence-corrected chi connectivity index (χ2v) is 7.46. The molecule has 0 spiro atoms. The highest BCUT2D eigenvalue weighted by molar-refractivity contribution is 5.73. The SMILES string of the molecule is Cc1ccc(-c2cncc(-c3ccnc(C(C)(C)C)c3)c2)c(C)c1. The van der Waals surface area contributed by atoms with Crippen LogP contribution in [0, 0.1) is 13.8 Å². The van der Waals surface area contributed by atoms with Gasteiger partial charge in [0.25, 0.3) is 0 Å². The van der Waals surface area contributed by atoms with Gasteiger partial charge in [-0.05, 0) is 48.7 Å². The summed E-state index contributed by atoms with van der Waals surface area (Å²) in [6, 6.07) is 13.0. The molecule has 2 heteroatoms. The first-order chi connectivity index (χ1) is 11.3. The Kier molecular flexibility index (Phi) is 4.23. The van der Waals surface area contributed by atoms with Gasteiger partial charge in [-0.25, -0.2) is 0 Å². The number of aryl methyl sites for hydroxylation is 2. The van der Waals surface area contributed by atoms with Gasteiger partial charge in [0, 0.05) is 40.8 Å². The van der Waals surface area contributed by atoms with Crippen molar-refractivity contribution in [3.63, 3.8) is 0 Å². The van der Waals surface area contributed by atoms with Crippen LogP contribution >= 0.6 is 0 Å². The minimum Gasteiger partial charge on any atom is -0.263 e. The smallest absolute Gasteiger partial charge is 0.0463 e. The molecule has 0 atom stereocenters. The van der Waals surface area contributed by atoms with E-state index in [0.717, 1.165) is 22.4 Å². The van der Waals surface area contributed by atoms with Crippen molar-refractivity contribution in [2.75, 3.05) is 0 Å². The van der Waals surface area contributed by atoms with E-state index in [1.807, 2.05) is 18.6 Å². The molecule has 0 N–H and O–H groups in total. The predicted molar refractivity (Wildman–Crippen MR) is 101 cm³/mol. The Morgan fingerprint density at radius 1 is 0.792 bits per heavy atom. The van der Waals surface area contributed by atoms with E-state index >= 15 is 0 Å². The maximum Gasteiger partial charge on any atom is 0.0463 e. The number of benzene rings is 1. The van der Waals surface area contributed by atoms with Crippen LogP contribution in [-0.4, -0.2) is 9.97 Å². The maximum absolute atomic E-state index is 4.52. The Morgan fingerprint density at radius 3 is 2.25 bits per heavy atom. The van der Waals surface area contributed by atoms with Crippen LogP contribution in [0.1, 0.15) is 37.6 Å². The molecule has 122 valence electrons. The molecule has 0 saturated carbocycles. The van der Waals surface area contributed by atoms with E-state index in [1.54, 1.807) is 0 Å². The van der Waals surface area contributed by atoms with Crippen LogP contribution in [-0.2, 0) is 5.41 Å². The lowest BCUT2D eigenvalue weighted by Crippen LogP contribution is -2.13. The summed E-state index contributed by atoms with van der Waals surface area (Å²) in [6.45, 7) is 10.8. The van der Waals surface area contributed by atoms with Crippen LogP contribution in [0.5, 0.6) is 0 Å². The van der Waals surface area contributed by atoms with E-state index in [0.29, 0.717) is 0 Å². The zero-order valence-electron chi connectivity index (χ0n) is 15.1. The van der Waals surface area contributed by atoms with Crippen LogP contribution < -0.4 is 0 Å². The molecular formula is C22H24N2. The largest absolute Gasteiger partial charge is 0.263 e. The highest BCUT2D eigenvalue weighted by atomic mass is 14.7. The topological polar surface area (TPSA) is 25.8 Å². The summed E-state index contributed by atoms with van der Waals surface area (Å²) in [6.07, 6.45) is 5.75. The molecule has 2 heterocycles. The van der Waals surface area contributed by atoms with Gasteiger partial charge in [0.1, 0.15) is 0 Å². The van der Waals surface area contributed by atoms with Crippen LogP contribution in [0.15, 0.2) is 55.0 Å². The van der Waals surface area contributed by atoms with E-state index in [-0.39, 0.29) is 5.41 Å². The molecule has 0 aliphatic carbocycles. The van der Waals surface area contributed by atoms with Gasteiger partial charge in [-0.15, -0.1) is 0 Å². The van der Waals surface area contributed by atoms with Gasteiger partial charge in [0.2, 0.25) is 0 Å². The monoisotopic (exact) mass is 316 g/mol. The number of hydrogen-bond acceptors (Lipinski definition) is 2. The van der Waals surface area contributed by atoms with E-state index in [1.165, 1.54) is 16.7 Å². The fourth-order valence-electron chi connectivity index (χ4n) is 2.90. The van der Waals surface area contributed by atoms with Crippen molar-refractivity contribution in [3.8, 4) is 22.3 Å². The fourth-order valence-corrected chi connectivity index (χ4v) is 2.90. The molecule has 0 radical (unpaired) electrons. The van der Waals surface area contributed by atoms with Crippen LogP contribution in [0.3, 0.4) is 0 Å². The zero-order valence-corrected chi connectivity index (χ0v) is 15.1. The molecule has 0 saturated heterocycles. The Labute approximate surface area is 144 Å². The molecule has 0 bridgehead atoms. The normalized spacial score (nSPS) is 11.5. The molecule has 0 amide bonds. The van der Waals surface area contributed by atoms with Gasteiger partial charge < -0.3 is 0 Å². The van der Waals surface area contributed by atoms with Gasteiger partial charge in [-0.3, -0.25) is 9.97 Å². The molecular weight excluding hydrogens is 292 g/mol. The first kappa shape index (κ1) is 16.4. The zero-order chi connectivity index (χ0) is 17.3. The average molecular weight is 316 g/mol. The molecule has 0 aliphatic rings. The number of hydrogen-bond donors (Lipinski definition) is 0. The van der Waals surface area contributed by atoms with E-state index in [9.17, 15) is 0 Å². The summed E-state index contributed by atoms with van der Waals surface area (Å²) in [4.78, 5) is 8.99. The summed E-state index contributed by atoms with van der Waals surface area (Å²) in [5, 5.41) is 0. The molecule has 0 aliphatic heterocycles. The number of pyridine rings is 2. The van der Waals surface area contributed by atoms with E-state index in [2.05, 4.69) is 81.0 Å². The van der Waals surface area contributed by atoms with Crippen LogP contribution in [0.25, 0.3) is 22.3 Å². The fraction of sp³-hybridized carbons (Fsp3) is 0.273. The molecule has 0 fully saturated rings. The third-order valence-electron chi connectivity index (χ3n) is 4.29. The quantitative estimate of drug-likeness (QED) is 0.604. The Morgan fingerprint density at radius 2 is 1.54 bits per heavy atom. The van der Waals surface area contributed by atoms with Crippen molar-refractivity contribution in [2.45, 2.75) is 40.0 Å². The third kappa shape index (κ3) is 3.38. The molecule has 3 rings (SSSR count). The molecule has 3 aromatic rings. The van der Waals surface area contributed by atoms with Gasteiger partial charge in [0.05, 0.1) is 0 Å². The summed E-state index contributed by atoms with van der Waals surface area (Å²) >= 11 is 0. The molecule has 24 heavy (non-hydrogen) atoms. The van der Waals surface area contributed by atoms with Crippen molar-refractivity contribution in [3.05, 3.63) is 71.8 Å². The summed E-state index contributed by atoms with van der Waals surface area (Å²) in [7, 11) is 0. The third-order valence-corrected chi connectivity index (χ3v) is 4.29. The lowest BCUT2D eigenvalue weighted by molar-refractivity contribution is 0.569. The second-order valence-electron chi connectivity index (χ2n) is 7.46. The average Bonchev–Trinajstić information content (AvgIpc) is 2.54. The lowest BCUT2D eigenvalue weighted by atomic mass is 9.90. The number of nitrogens with zero attached hydrogens (tertiary/aromatic N) is 2. The van der Waals surface area contributed by atoms with Crippen molar-refractivity contribution < 1.29 is 0 Å². The Bertz CT molecular complexity index is 873. The van der Waals surface area contributed by atoms with Crippen molar-refractivity contribution >= 4 is 0 Å². The van der Waals surface area contributed by atoms with Gasteiger partial charge in [-0.2, -0.15) is 0 Å². The molecule has 1 aromatic carbocycles. The van der Waals surface area contributed by atoms with E-state index < -0.39 is 0 Å². The highest BCUT2D eigenvalue weighted by Gasteiger charge is 2.16. The van der Waals surface area contributed by atoms with Crippen molar-refractivity contribution in [2.24, 2.45) is 0 Å². The summed E-state index contributed by atoms with van der Waals surface area (Å²) in [5.74, 6) is 0. The number of aromatic nitrogens is 2. The lowest BCUT2D eigenvalue weighted by Gasteiger charge is -2.18. The standard InChI is InChI=1S/C22H24N2/c1-15-6-7-20(16(2)10-15)19-11-18(13-23-14-19)17-8-9-24-21(12-17)22(3,4)5/h6-14H,1-5H3. The molecule has 0 unspecified atom stereocenters. The van der Waals surface area contributed by atoms with Gasteiger partial charge in [0.15, 0.2) is 0 Å². The minimum absolute atomic E-state index is 0.0363. The van der Waals surface area contributed by atoms with Gasteiger partial charge >= 0.3 is 0 Å². The highest BCUT2D eigenvalue weighted by Crippen LogP contribution is 2.29. The Hall–Kier alpha value is -2.48. The van der Waals surface area contributed by atoms with Crippen LogP contribution in [0.2, 0.25) is 0 Å². The first-order valence-corrected chi connectivity index (χ1v) is 8.34. The summed E-state index contributed by atoms with van der Waals surface area (Å²) < 4.78 is 0. The molecule has 2 aromatic heterocycles. The van der Waals surface area contributed by atoms with Crippen molar-refractivity contribution in [1.82, 2.24) is 9.97 Å². The molecule has 2 nitrogen and oxygen atoms in total. The van der Waals surface area contributed by atoms with Crippen molar-refractivity contribution in [1.29, 1.82) is 0 Å². The Balaban J connectivity index is 2.05. The predicted octanol–water partition coefficient (Wildman–Crippen LogP) is 5.72. The van der Waals surface area contributed by atoms with E-state index in [4.69, 9.17) is 0 Å². The number of rotatable bonds is 2. The summed E-state index contributed by atoms with van der Waals surface area (Å²) in [5.41, 5.74) is 8.36. The van der Waals surface area contributed by atoms with Crippen LogP contribution in [0.4, 0.5) is 0 Å². The maximum atomic E-state index is 4.52. The van der Waals surface area contributed by atoms with Gasteiger partial charge in [-0.1, -0.05) is 44.5 Å². The second kappa shape index (κ2) is 6.20. The minimum atomic E-state index is 0.0363. The first-order valence-electron chi connectivity index (χ1n) is 8.34.